The number of thioether (sulfide) groups is 1. The van der Waals surface area contributed by atoms with Crippen molar-refractivity contribution in [3.63, 3.8) is 0 Å². The lowest BCUT2D eigenvalue weighted by molar-refractivity contribution is 0.634. The van der Waals surface area contributed by atoms with Crippen LogP contribution in [0.5, 0.6) is 0 Å². The normalized spacial score (nSPS) is 10.9. The Balaban J connectivity index is 2.87. The molecule has 0 unspecified atom stereocenters. The van der Waals surface area contributed by atoms with E-state index >= 15 is 0 Å². The zero-order chi connectivity index (χ0) is 9.42. The van der Waals surface area contributed by atoms with Crippen LogP contribution in [0.2, 0.25) is 0 Å². The van der Waals surface area contributed by atoms with Gasteiger partial charge < -0.3 is 0 Å². The maximum Gasteiger partial charge on any atom is 0.278 e. The summed E-state index contributed by atoms with van der Waals surface area (Å²) in [5.41, 5.74) is -0.500. The van der Waals surface area contributed by atoms with E-state index in [1.807, 2.05) is 0 Å². The van der Waals surface area contributed by atoms with E-state index in [4.69, 9.17) is 0 Å². The molecular formula is C7H6FN3OS. The molecule has 0 saturated carbocycles. The Morgan fingerprint density at radius 1 is 1.69 bits per heavy atom. The SMILES string of the molecule is CSc1nn2ccc(F)c2c(=O)[nH]1. The summed E-state index contributed by atoms with van der Waals surface area (Å²) in [7, 11) is 0. The minimum absolute atomic E-state index is 0.0437. The predicted octanol–water partition coefficient (Wildman–Crippen LogP) is 0.884. The lowest BCUT2D eigenvalue weighted by atomic mass is 10.5. The fourth-order valence-corrected chi connectivity index (χ4v) is 1.43. The Labute approximate surface area is 76.8 Å². The number of halogens is 1. The van der Waals surface area contributed by atoms with Gasteiger partial charge in [0.2, 0.25) is 0 Å². The van der Waals surface area contributed by atoms with Crippen LogP contribution in [0.3, 0.4) is 0 Å². The van der Waals surface area contributed by atoms with Crippen LogP contribution < -0.4 is 5.56 Å². The van der Waals surface area contributed by atoms with Crippen molar-refractivity contribution in [2.45, 2.75) is 5.16 Å². The summed E-state index contributed by atoms with van der Waals surface area (Å²) in [5.74, 6) is -0.554. The Morgan fingerprint density at radius 2 is 2.46 bits per heavy atom. The first-order valence-corrected chi connectivity index (χ1v) is 4.76. The van der Waals surface area contributed by atoms with Crippen LogP contribution in [0.15, 0.2) is 22.2 Å². The van der Waals surface area contributed by atoms with Crippen molar-refractivity contribution < 1.29 is 4.39 Å². The zero-order valence-electron chi connectivity index (χ0n) is 6.74. The van der Waals surface area contributed by atoms with E-state index < -0.39 is 11.4 Å². The molecule has 1 N–H and O–H groups in total. The minimum Gasteiger partial charge on any atom is -0.298 e. The molecule has 4 nitrogen and oxygen atoms in total. The molecule has 2 rings (SSSR count). The number of aromatic nitrogens is 3. The lowest BCUT2D eigenvalue weighted by Gasteiger charge is -1.96. The molecular weight excluding hydrogens is 193 g/mol. The number of nitrogens with one attached hydrogen (secondary N) is 1. The molecule has 6 heteroatoms. The number of aromatic amines is 1. The van der Waals surface area contributed by atoms with Crippen molar-refractivity contribution in [1.82, 2.24) is 14.6 Å². The number of hydrogen-bond acceptors (Lipinski definition) is 3. The quantitative estimate of drug-likeness (QED) is 0.694. The number of rotatable bonds is 1. The van der Waals surface area contributed by atoms with Crippen LogP contribution in [0.25, 0.3) is 5.52 Å². The van der Waals surface area contributed by atoms with Crippen LogP contribution in [-0.4, -0.2) is 20.9 Å². The molecule has 0 aliphatic carbocycles. The molecule has 2 aromatic rings. The fraction of sp³-hybridized carbons (Fsp3) is 0.143. The maximum absolute atomic E-state index is 13.0. The van der Waals surface area contributed by atoms with Gasteiger partial charge in [0.25, 0.3) is 5.56 Å². The monoisotopic (exact) mass is 199 g/mol. The van der Waals surface area contributed by atoms with Gasteiger partial charge in [-0.25, -0.2) is 8.91 Å². The van der Waals surface area contributed by atoms with Gasteiger partial charge in [0.15, 0.2) is 16.5 Å². The van der Waals surface area contributed by atoms with E-state index in [1.54, 1.807) is 6.26 Å². The summed E-state index contributed by atoms with van der Waals surface area (Å²) in [5, 5.41) is 4.43. The minimum atomic E-state index is -0.554. The summed E-state index contributed by atoms with van der Waals surface area (Å²) < 4.78 is 14.2. The van der Waals surface area contributed by atoms with Gasteiger partial charge in [-0.1, -0.05) is 11.8 Å². The first-order valence-electron chi connectivity index (χ1n) is 3.53. The first kappa shape index (κ1) is 8.31. The van der Waals surface area contributed by atoms with Gasteiger partial charge in [-0.3, -0.25) is 9.78 Å². The number of hydrogen-bond donors (Lipinski definition) is 1. The molecule has 0 amide bonds. The van der Waals surface area contributed by atoms with Gasteiger partial charge >= 0.3 is 0 Å². The summed E-state index contributed by atoms with van der Waals surface area (Å²) in [4.78, 5) is 13.7. The molecule has 0 atom stereocenters. The van der Waals surface area contributed by atoms with Crippen molar-refractivity contribution in [1.29, 1.82) is 0 Å². The highest BCUT2D eigenvalue weighted by Crippen LogP contribution is 2.08. The molecule has 2 aromatic heterocycles. The van der Waals surface area contributed by atoms with Gasteiger partial charge in [0.05, 0.1) is 0 Å². The van der Waals surface area contributed by atoms with E-state index in [2.05, 4.69) is 10.1 Å². The van der Waals surface area contributed by atoms with Gasteiger partial charge in [-0.05, 0) is 12.3 Å². The Hall–Kier alpha value is -1.30. The number of nitrogens with zero attached hydrogens (tertiary/aromatic N) is 2. The molecule has 0 fully saturated rings. The third-order valence-electron chi connectivity index (χ3n) is 1.64. The summed E-state index contributed by atoms with van der Waals surface area (Å²) >= 11 is 1.30. The van der Waals surface area contributed by atoms with Gasteiger partial charge in [0.1, 0.15) is 0 Å². The smallest absolute Gasteiger partial charge is 0.278 e. The van der Waals surface area contributed by atoms with Gasteiger partial charge in [-0.15, -0.1) is 5.10 Å². The highest BCUT2D eigenvalue weighted by Gasteiger charge is 2.07. The number of H-pyrrole nitrogens is 1. The molecule has 0 aliphatic heterocycles. The van der Waals surface area contributed by atoms with E-state index in [0.717, 1.165) is 0 Å². The largest absolute Gasteiger partial charge is 0.298 e. The zero-order valence-corrected chi connectivity index (χ0v) is 7.56. The molecule has 68 valence electrons. The lowest BCUT2D eigenvalue weighted by Crippen LogP contribution is -2.13. The highest BCUT2D eigenvalue weighted by molar-refractivity contribution is 7.98. The van der Waals surface area contributed by atoms with Crippen molar-refractivity contribution in [3.8, 4) is 0 Å². The second-order valence-corrected chi connectivity index (χ2v) is 3.22. The highest BCUT2D eigenvalue weighted by atomic mass is 32.2. The molecule has 0 bridgehead atoms. The third-order valence-corrected chi connectivity index (χ3v) is 2.22. The van der Waals surface area contributed by atoms with E-state index in [0.29, 0.717) is 5.16 Å². The van der Waals surface area contributed by atoms with Crippen LogP contribution in [-0.2, 0) is 0 Å². The summed E-state index contributed by atoms with van der Waals surface area (Å²) in [6.07, 6.45) is 3.20. The molecule has 0 aliphatic rings. The Morgan fingerprint density at radius 3 is 3.15 bits per heavy atom. The van der Waals surface area contributed by atoms with Crippen LogP contribution in [0.1, 0.15) is 0 Å². The molecule has 2 heterocycles. The predicted molar refractivity (Wildman–Crippen MR) is 47.6 cm³/mol. The van der Waals surface area contributed by atoms with Crippen LogP contribution >= 0.6 is 11.8 Å². The van der Waals surface area contributed by atoms with E-state index in [-0.39, 0.29) is 5.52 Å². The fourth-order valence-electron chi connectivity index (χ4n) is 1.07. The van der Waals surface area contributed by atoms with Crippen LogP contribution in [0, 0.1) is 5.82 Å². The Bertz CT molecular complexity index is 504. The molecule has 0 aromatic carbocycles. The van der Waals surface area contributed by atoms with Crippen LogP contribution in [0.4, 0.5) is 4.39 Å². The van der Waals surface area contributed by atoms with Crippen molar-refractivity contribution in [2.75, 3.05) is 6.26 Å². The standard InChI is InChI=1S/C7H6FN3OS/c1-13-7-9-6(12)5-4(8)2-3-11(5)10-7/h2-3H,1H3,(H,9,10,12). The number of fused-ring (bicyclic) bond motifs is 1. The first-order chi connectivity index (χ1) is 6.22. The van der Waals surface area contributed by atoms with Crippen molar-refractivity contribution in [3.05, 3.63) is 28.4 Å². The van der Waals surface area contributed by atoms with E-state index in [9.17, 15) is 9.18 Å². The second kappa shape index (κ2) is 2.88. The molecule has 0 radical (unpaired) electrons. The van der Waals surface area contributed by atoms with E-state index in [1.165, 1.54) is 28.5 Å². The molecule has 0 saturated heterocycles. The Kier molecular flexibility index (Phi) is 1.84. The average Bonchev–Trinajstić information content (AvgIpc) is 2.48. The summed E-state index contributed by atoms with van der Waals surface area (Å²) in [6, 6.07) is 1.21. The van der Waals surface area contributed by atoms with Crippen molar-refractivity contribution >= 4 is 17.3 Å². The maximum atomic E-state index is 13.0. The second-order valence-electron chi connectivity index (χ2n) is 2.42. The van der Waals surface area contributed by atoms with Gasteiger partial charge in [0, 0.05) is 6.20 Å². The molecule has 0 spiro atoms. The molecule has 13 heavy (non-hydrogen) atoms. The average molecular weight is 199 g/mol. The topological polar surface area (TPSA) is 50.2 Å². The van der Waals surface area contributed by atoms with Gasteiger partial charge in [-0.2, -0.15) is 0 Å². The van der Waals surface area contributed by atoms with Crippen molar-refractivity contribution in [2.24, 2.45) is 0 Å². The third kappa shape index (κ3) is 1.23. The summed E-state index contributed by atoms with van der Waals surface area (Å²) in [6.45, 7) is 0.